The van der Waals surface area contributed by atoms with Crippen LogP contribution in [0.25, 0.3) is 22.2 Å². The Morgan fingerprint density at radius 3 is 2.67 bits per heavy atom. The fourth-order valence-corrected chi connectivity index (χ4v) is 2.23. The van der Waals surface area contributed by atoms with Crippen molar-refractivity contribution < 1.29 is 4.39 Å². The second-order valence-electron chi connectivity index (χ2n) is 3.86. The van der Waals surface area contributed by atoms with Gasteiger partial charge >= 0.3 is 0 Å². The van der Waals surface area contributed by atoms with Crippen LogP contribution in [0, 0.1) is 5.82 Å². The monoisotopic (exact) mass is 302 g/mol. The lowest BCUT2D eigenvalue weighted by molar-refractivity contribution is 0.630. The van der Waals surface area contributed by atoms with Gasteiger partial charge in [-0.3, -0.25) is 0 Å². The highest BCUT2D eigenvalue weighted by molar-refractivity contribution is 9.10. The molecule has 0 saturated heterocycles. The lowest BCUT2D eigenvalue weighted by atomic mass is 10.1. The number of halogens is 2. The molecule has 88 valence electrons. The van der Waals surface area contributed by atoms with E-state index in [4.69, 9.17) is 0 Å². The highest BCUT2D eigenvalue weighted by Gasteiger charge is 2.10. The number of aromatic nitrogens is 2. The zero-order chi connectivity index (χ0) is 12.5. The van der Waals surface area contributed by atoms with Crippen LogP contribution < -0.4 is 0 Å². The standard InChI is InChI=1S/C14H8BrFN2/c15-9-5-6-10(12(16)7-9)14-11-3-1-2-4-13(11)17-8-18-14/h1-8H. The minimum atomic E-state index is -0.298. The van der Waals surface area contributed by atoms with Gasteiger partial charge in [-0.1, -0.05) is 34.1 Å². The zero-order valence-electron chi connectivity index (χ0n) is 9.27. The molecule has 0 atom stereocenters. The van der Waals surface area contributed by atoms with Gasteiger partial charge in [-0.15, -0.1) is 0 Å². The van der Waals surface area contributed by atoms with Crippen LogP contribution >= 0.6 is 15.9 Å². The molecule has 0 aliphatic carbocycles. The Kier molecular flexibility index (Phi) is 2.80. The van der Waals surface area contributed by atoms with Gasteiger partial charge in [0.2, 0.25) is 0 Å². The molecule has 0 fully saturated rings. The van der Waals surface area contributed by atoms with E-state index in [0.717, 1.165) is 10.9 Å². The summed E-state index contributed by atoms with van der Waals surface area (Å²) in [4.78, 5) is 8.37. The number of rotatable bonds is 1. The molecule has 2 aromatic carbocycles. The maximum atomic E-state index is 14.0. The van der Waals surface area contributed by atoms with E-state index in [1.165, 1.54) is 12.4 Å². The molecule has 1 aromatic heterocycles. The van der Waals surface area contributed by atoms with Crippen molar-refractivity contribution in [3.05, 3.63) is 59.1 Å². The van der Waals surface area contributed by atoms with Crippen LogP contribution in [0.15, 0.2) is 53.3 Å². The predicted octanol–water partition coefficient (Wildman–Crippen LogP) is 4.20. The van der Waals surface area contributed by atoms with Gasteiger partial charge in [0.25, 0.3) is 0 Å². The quantitative estimate of drug-likeness (QED) is 0.673. The summed E-state index contributed by atoms with van der Waals surface area (Å²) >= 11 is 3.25. The molecule has 0 spiro atoms. The summed E-state index contributed by atoms with van der Waals surface area (Å²) in [5.41, 5.74) is 1.91. The maximum Gasteiger partial charge on any atom is 0.133 e. The lowest BCUT2D eigenvalue weighted by Crippen LogP contribution is -1.91. The maximum absolute atomic E-state index is 14.0. The van der Waals surface area contributed by atoms with Crippen LogP contribution in [-0.2, 0) is 0 Å². The predicted molar refractivity (Wildman–Crippen MR) is 72.6 cm³/mol. The number of fused-ring (bicyclic) bond motifs is 1. The van der Waals surface area contributed by atoms with Gasteiger partial charge in [-0.25, -0.2) is 14.4 Å². The van der Waals surface area contributed by atoms with Gasteiger partial charge in [-0.05, 0) is 24.3 Å². The molecule has 0 N–H and O–H groups in total. The minimum absolute atomic E-state index is 0.298. The van der Waals surface area contributed by atoms with Crippen LogP contribution in [0.2, 0.25) is 0 Å². The average molecular weight is 303 g/mol. The summed E-state index contributed by atoms with van der Waals surface area (Å²) in [6.07, 6.45) is 1.46. The molecule has 0 unspecified atom stereocenters. The van der Waals surface area contributed by atoms with E-state index in [1.54, 1.807) is 12.1 Å². The number of hydrogen-bond donors (Lipinski definition) is 0. The van der Waals surface area contributed by atoms with Gasteiger partial charge in [0.1, 0.15) is 12.1 Å². The van der Waals surface area contributed by atoms with E-state index in [2.05, 4.69) is 25.9 Å². The largest absolute Gasteiger partial charge is 0.236 e. The second-order valence-corrected chi connectivity index (χ2v) is 4.78. The van der Waals surface area contributed by atoms with Gasteiger partial charge < -0.3 is 0 Å². The third-order valence-electron chi connectivity index (χ3n) is 2.73. The molecule has 0 radical (unpaired) electrons. The summed E-state index contributed by atoms with van der Waals surface area (Å²) in [6, 6.07) is 12.5. The van der Waals surface area contributed by atoms with Crippen LogP contribution in [0.3, 0.4) is 0 Å². The molecule has 18 heavy (non-hydrogen) atoms. The molecular weight excluding hydrogens is 295 g/mol. The third-order valence-corrected chi connectivity index (χ3v) is 3.22. The van der Waals surface area contributed by atoms with Crippen molar-refractivity contribution in [3.8, 4) is 11.3 Å². The van der Waals surface area contributed by atoms with Crippen molar-refractivity contribution in [2.24, 2.45) is 0 Å². The first-order chi connectivity index (χ1) is 8.75. The third kappa shape index (κ3) is 1.88. The Labute approximate surface area is 112 Å². The minimum Gasteiger partial charge on any atom is -0.236 e. The molecule has 0 amide bonds. The first-order valence-corrected chi connectivity index (χ1v) is 6.20. The number of benzene rings is 2. The fourth-order valence-electron chi connectivity index (χ4n) is 1.90. The fraction of sp³-hybridized carbons (Fsp3) is 0. The normalized spacial score (nSPS) is 10.8. The van der Waals surface area contributed by atoms with Crippen LogP contribution in [0.1, 0.15) is 0 Å². The van der Waals surface area contributed by atoms with Crippen molar-refractivity contribution >= 4 is 26.8 Å². The number of para-hydroxylation sites is 1. The van der Waals surface area contributed by atoms with Crippen molar-refractivity contribution in [2.45, 2.75) is 0 Å². The summed E-state index contributed by atoms with van der Waals surface area (Å²) in [6.45, 7) is 0. The molecule has 4 heteroatoms. The highest BCUT2D eigenvalue weighted by Crippen LogP contribution is 2.28. The zero-order valence-corrected chi connectivity index (χ0v) is 10.9. The molecular formula is C14H8BrFN2. The molecule has 2 nitrogen and oxygen atoms in total. The van der Waals surface area contributed by atoms with Gasteiger partial charge in [0, 0.05) is 15.4 Å². The van der Waals surface area contributed by atoms with Crippen molar-refractivity contribution in [3.63, 3.8) is 0 Å². The second kappa shape index (κ2) is 4.46. The Bertz CT molecular complexity index is 723. The van der Waals surface area contributed by atoms with Crippen molar-refractivity contribution in [1.82, 2.24) is 9.97 Å². The summed E-state index contributed by atoms with van der Waals surface area (Å²) < 4.78 is 14.7. The molecule has 0 saturated carbocycles. The van der Waals surface area contributed by atoms with E-state index >= 15 is 0 Å². The lowest BCUT2D eigenvalue weighted by Gasteiger charge is -2.06. The Morgan fingerprint density at radius 1 is 1.00 bits per heavy atom. The molecule has 3 aromatic rings. The molecule has 0 aliphatic heterocycles. The SMILES string of the molecule is Fc1cc(Br)ccc1-c1ncnc2ccccc12. The Hall–Kier alpha value is -1.81. The van der Waals surface area contributed by atoms with Crippen LogP contribution in [-0.4, -0.2) is 9.97 Å². The molecule has 0 aliphatic rings. The Balaban J connectivity index is 2.31. The van der Waals surface area contributed by atoms with E-state index in [1.807, 2.05) is 24.3 Å². The number of nitrogens with zero attached hydrogens (tertiary/aromatic N) is 2. The summed E-state index contributed by atoms with van der Waals surface area (Å²) in [7, 11) is 0. The van der Waals surface area contributed by atoms with Gasteiger partial charge in [0.05, 0.1) is 11.2 Å². The van der Waals surface area contributed by atoms with Crippen molar-refractivity contribution in [2.75, 3.05) is 0 Å². The smallest absolute Gasteiger partial charge is 0.133 e. The van der Waals surface area contributed by atoms with Gasteiger partial charge in [-0.2, -0.15) is 0 Å². The molecule has 3 rings (SSSR count). The molecule has 0 bridgehead atoms. The van der Waals surface area contributed by atoms with Gasteiger partial charge in [0.15, 0.2) is 0 Å². The average Bonchev–Trinajstić information content (AvgIpc) is 2.38. The van der Waals surface area contributed by atoms with E-state index in [0.29, 0.717) is 15.7 Å². The first kappa shape index (κ1) is 11.3. The Morgan fingerprint density at radius 2 is 1.83 bits per heavy atom. The first-order valence-electron chi connectivity index (χ1n) is 5.41. The topological polar surface area (TPSA) is 25.8 Å². The van der Waals surface area contributed by atoms with Crippen LogP contribution in [0.4, 0.5) is 4.39 Å². The van der Waals surface area contributed by atoms with E-state index < -0.39 is 0 Å². The van der Waals surface area contributed by atoms with E-state index in [9.17, 15) is 4.39 Å². The highest BCUT2D eigenvalue weighted by atomic mass is 79.9. The van der Waals surface area contributed by atoms with Crippen molar-refractivity contribution in [1.29, 1.82) is 0 Å². The van der Waals surface area contributed by atoms with E-state index in [-0.39, 0.29) is 5.82 Å². The summed E-state index contributed by atoms with van der Waals surface area (Å²) in [5.74, 6) is -0.298. The molecule has 1 heterocycles. The summed E-state index contributed by atoms with van der Waals surface area (Å²) in [5, 5.41) is 0.848. The van der Waals surface area contributed by atoms with Crippen LogP contribution in [0.5, 0.6) is 0 Å². The number of hydrogen-bond acceptors (Lipinski definition) is 2.